The monoisotopic (exact) mass is 398 g/mol. The van der Waals surface area contributed by atoms with Crippen LogP contribution in [0.1, 0.15) is 15.2 Å². The smallest absolute Gasteiger partial charge is 0.341 e. The third-order valence-electron chi connectivity index (χ3n) is 3.87. The maximum atomic E-state index is 12.5. The van der Waals surface area contributed by atoms with E-state index in [2.05, 4.69) is 10.6 Å². The molecule has 2 aromatic carbocycles. The topological polar surface area (TPSA) is 70.6 Å². The predicted octanol–water partition coefficient (Wildman–Crippen LogP) is 5.02. The number of methoxy groups -OCH3 is 1. The van der Waals surface area contributed by atoms with Crippen LogP contribution in [0.3, 0.4) is 0 Å². The first-order valence-corrected chi connectivity index (χ1v) is 9.36. The molecule has 0 atom stereocenters. The van der Waals surface area contributed by atoms with Gasteiger partial charge in [-0.15, -0.1) is 11.3 Å². The highest BCUT2D eigenvalue weighted by atomic mass is 32.1. The van der Waals surface area contributed by atoms with Gasteiger partial charge in [0.2, 0.25) is 0 Å². The second-order valence-electron chi connectivity index (χ2n) is 5.72. The zero-order valence-electron chi connectivity index (χ0n) is 14.8. The first-order valence-electron chi connectivity index (χ1n) is 8.13. The summed E-state index contributed by atoms with van der Waals surface area (Å²) in [7, 11) is 1.36. The number of benzene rings is 2. The second kappa shape index (κ2) is 8.20. The van der Waals surface area contributed by atoms with Crippen molar-refractivity contribution in [3.8, 4) is 16.9 Å². The lowest BCUT2D eigenvalue weighted by atomic mass is 10.0. The first kappa shape index (κ1) is 18.9. The summed E-state index contributed by atoms with van der Waals surface area (Å²) >= 11 is 6.80. The van der Waals surface area contributed by atoms with Crippen LogP contribution in [0, 0.1) is 6.92 Å². The summed E-state index contributed by atoms with van der Waals surface area (Å²) in [5.41, 5.74) is 2.86. The van der Waals surface area contributed by atoms with Gasteiger partial charge in [-0.25, -0.2) is 4.79 Å². The van der Waals surface area contributed by atoms with E-state index in [0.29, 0.717) is 21.4 Å². The molecule has 0 saturated heterocycles. The van der Waals surface area contributed by atoms with Crippen LogP contribution in [0.2, 0.25) is 0 Å². The average molecular weight is 399 g/mol. The Morgan fingerprint density at radius 3 is 2.52 bits per heavy atom. The first-order chi connectivity index (χ1) is 13.0. The third kappa shape index (κ3) is 4.27. The molecular weight excluding hydrogens is 380 g/mol. The van der Waals surface area contributed by atoms with E-state index in [4.69, 9.17) is 17.0 Å². The molecule has 3 rings (SSSR count). The third-order valence-corrected chi connectivity index (χ3v) is 5.09. The summed E-state index contributed by atoms with van der Waals surface area (Å²) in [6.07, 6.45) is 0. The van der Waals surface area contributed by atoms with E-state index in [1.54, 1.807) is 24.3 Å². The molecule has 3 aromatic rings. The van der Waals surface area contributed by atoms with Gasteiger partial charge in [0.15, 0.2) is 5.11 Å². The number of hydrogen-bond donors (Lipinski definition) is 3. The van der Waals surface area contributed by atoms with E-state index in [9.17, 15) is 9.90 Å². The van der Waals surface area contributed by atoms with Crippen molar-refractivity contribution in [1.82, 2.24) is 0 Å². The summed E-state index contributed by atoms with van der Waals surface area (Å²) in [5.74, 6) is -0.294. The highest BCUT2D eigenvalue weighted by molar-refractivity contribution is 7.80. The van der Waals surface area contributed by atoms with Crippen molar-refractivity contribution in [1.29, 1.82) is 0 Å². The van der Waals surface area contributed by atoms with Gasteiger partial charge in [-0.3, -0.25) is 0 Å². The van der Waals surface area contributed by atoms with E-state index < -0.39 is 5.97 Å². The lowest BCUT2D eigenvalue weighted by molar-refractivity contribution is 0.0603. The second-order valence-corrected chi connectivity index (χ2v) is 7.36. The van der Waals surface area contributed by atoms with Crippen molar-refractivity contribution in [3.05, 3.63) is 65.0 Å². The summed E-state index contributed by atoms with van der Waals surface area (Å²) in [6.45, 7) is 1.95. The van der Waals surface area contributed by atoms with Gasteiger partial charge in [0, 0.05) is 22.2 Å². The molecule has 1 aromatic heterocycles. The minimum absolute atomic E-state index is 0.136. The Morgan fingerprint density at radius 2 is 1.85 bits per heavy atom. The van der Waals surface area contributed by atoms with Crippen molar-refractivity contribution in [2.24, 2.45) is 0 Å². The molecular formula is C20H18N2O3S2. The van der Waals surface area contributed by atoms with E-state index >= 15 is 0 Å². The van der Waals surface area contributed by atoms with Crippen LogP contribution in [0.15, 0.2) is 54.6 Å². The number of aromatic hydroxyl groups is 1. The molecule has 0 amide bonds. The average Bonchev–Trinajstić information content (AvgIpc) is 2.97. The molecule has 138 valence electrons. The zero-order chi connectivity index (χ0) is 19.4. The van der Waals surface area contributed by atoms with Gasteiger partial charge in [0.05, 0.1) is 7.11 Å². The van der Waals surface area contributed by atoms with Crippen LogP contribution in [-0.4, -0.2) is 23.3 Å². The number of esters is 1. The molecule has 0 aliphatic heterocycles. The van der Waals surface area contributed by atoms with Gasteiger partial charge >= 0.3 is 5.97 Å². The Kier molecular flexibility index (Phi) is 5.73. The van der Waals surface area contributed by atoms with Crippen molar-refractivity contribution in [2.45, 2.75) is 6.92 Å². The van der Waals surface area contributed by atoms with E-state index in [0.717, 1.165) is 16.0 Å². The maximum Gasteiger partial charge on any atom is 0.341 e. The Balaban J connectivity index is 1.93. The Bertz CT molecular complexity index is 984. The van der Waals surface area contributed by atoms with Crippen LogP contribution in [0.5, 0.6) is 5.75 Å². The number of aryl methyl sites for hydroxylation is 1. The zero-order valence-corrected chi connectivity index (χ0v) is 16.4. The number of thiophene rings is 1. The standard InChI is InChI=1S/C20H18N2O3S2/c1-12-16(13-7-4-3-5-8-13)17(19(24)25-2)18(27-12)22-20(26)21-14-9-6-10-15(23)11-14/h3-11,23H,1-2H3,(H2,21,22,26). The number of thiocarbonyl (C=S) groups is 1. The molecule has 27 heavy (non-hydrogen) atoms. The number of rotatable bonds is 4. The maximum absolute atomic E-state index is 12.5. The fourth-order valence-corrected chi connectivity index (χ4v) is 4.08. The Labute approximate surface area is 166 Å². The molecule has 0 spiro atoms. The number of nitrogens with one attached hydrogen (secondary N) is 2. The minimum Gasteiger partial charge on any atom is -0.508 e. The van der Waals surface area contributed by atoms with Crippen molar-refractivity contribution < 1.29 is 14.6 Å². The number of phenolic OH excluding ortho intramolecular Hbond substituents is 1. The highest BCUT2D eigenvalue weighted by Crippen LogP contribution is 2.40. The molecule has 1 heterocycles. The fraction of sp³-hybridized carbons (Fsp3) is 0.100. The number of carbonyl (C=O) groups is 1. The lowest BCUT2D eigenvalue weighted by Crippen LogP contribution is -2.20. The molecule has 0 fully saturated rings. The number of ether oxygens (including phenoxy) is 1. The van der Waals surface area contributed by atoms with Crippen molar-refractivity contribution in [3.63, 3.8) is 0 Å². The highest BCUT2D eigenvalue weighted by Gasteiger charge is 2.24. The van der Waals surface area contributed by atoms with Gasteiger partial charge in [0.25, 0.3) is 0 Å². The quantitative estimate of drug-likeness (QED) is 0.423. The van der Waals surface area contributed by atoms with Crippen LogP contribution >= 0.6 is 23.6 Å². The van der Waals surface area contributed by atoms with E-state index in [1.165, 1.54) is 18.4 Å². The van der Waals surface area contributed by atoms with Gasteiger partial charge < -0.3 is 20.5 Å². The number of carbonyl (C=O) groups excluding carboxylic acids is 1. The van der Waals surface area contributed by atoms with Gasteiger partial charge in [0.1, 0.15) is 16.3 Å². The van der Waals surface area contributed by atoms with Crippen LogP contribution < -0.4 is 10.6 Å². The molecule has 5 nitrogen and oxygen atoms in total. The summed E-state index contributed by atoms with van der Waals surface area (Å²) in [5, 5.41) is 16.6. The molecule has 0 saturated carbocycles. The van der Waals surface area contributed by atoms with Crippen LogP contribution in [-0.2, 0) is 4.74 Å². The largest absolute Gasteiger partial charge is 0.508 e. The summed E-state index contributed by atoms with van der Waals surface area (Å²) in [6, 6.07) is 16.3. The fourth-order valence-electron chi connectivity index (χ4n) is 2.73. The van der Waals surface area contributed by atoms with Gasteiger partial charge in [-0.2, -0.15) is 0 Å². The van der Waals surface area contributed by atoms with E-state index in [1.807, 2.05) is 37.3 Å². The molecule has 0 bridgehead atoms. The van der Waals surface area contributed by atoms with Crippen molar-refractivity contribution >= 4 is 45.3 Å². The van der Waals surface area contributed by atoms with Crippen molar-refractivity contribution in [2.75, 3.05) is 17.7 Å². The van der Waals surface area contributed by atoms with Gasteiger partial charge in [-0.1, -0.05) is 36.4 Å². The molecule has 0 radical (unpaired) electrons. The number of hydrogen-bond acceptors (Lipinski definition) is 5. The minimum atomic E-state index is -0.430. The normalized spacial score (nSPS) is 10.3. The molecule has 0 aliphatic carbocycles. The molecule has 0 unspecified atom stereocenters. The molecule has 3 N–H and O–H groups in total. The predicted molar refractivity (Wildman–Crippen MR) is 114 cm³/mol. The molecule has 0 aliphatic rings. The summed E-state index contributed by atoms with van der Waals surface area (Å²) in [4.78, 5) is 13.5. The van der Waals surface area contributed by atoms with Crippen LogP contribution in [0.25, 0.3) is 11.1 Å². The lowest BCUT2D eigenvalue weighted by Gasteiger charge is -2.11. The van der Waals surface area contributed by atoms with E-state index in [-0.39, 0.29) is 5.75 Å². The van der Waals surface area contributed by atoms with Crippen LogP contribution in [0.4, 0.5) is 10.7 Å². The SMILES string of the molecule is COC(=O)c1c(NC(=S)Nc2cccc(O)c2)sc(C)c1-c1ccccc1. The number of anilines is 2. The molecule has 7 heteroatoms. The van der Waals surface area contributed by atoms with Gasteiger partial charge in [-0.05, 0) is 36.8 Å². The summed E-state index contributed by atoms with van der Waals surface area (Å²) < 4.78 is 5.00. The Morgan fingerprint density at radius 1 is 1.11 bits per heavy atom. The Hall–Kier alpha value is -2.90. The number of phenols is 1.